The highest BCUT2D eigenvalue weighted by molar-refractivity contribution is 5.58. The van der Waals surface area contributed by atoms with Gasteiger partial charge in [-0.1, -0.05) is 0 Å². The van der Waals surface area contributed by atoms with Crippen molar-refractivity contribution in [1.82, 2.24) is 9.97 Å². The Balaban J connectivity index is 1.98. The predicted octanol–water partition coefficient (Wildman–Crippen LogP) is -0.465. The van der Waals surface area contributed by atoms with Gasteiger partial charge in [-0.05, 0) is 18.8 Å². The predicted molar refractivity (Wildman–Crippen MR) is 56.5 cm³/mol. The maximum Gasteiger partial charge on any atom is 0.276 e. The Labute approximate surface area is 86.5 Å². The van der Waals surface area contributed by atoms with Crippen molar-refractivity contribution < 1.29 is 5.11 Å². The lowest BCUT2D eigenvalue weighted by molar-refractivity contribution is 0.164. The second kappa shape index (κ2) is 3.90. The van der Waals surface area contributed by atoms with Gasteiger partial charge < -0.3 is 21.1 Å². The number of aromatic amines is 1. The van der Waals surface area contributed by atoms with E-state index in [0.717, 1.165) is 12.8 Å². The van der Waals surface area contributed by atoms with Crippen LogP contribution in [0.25, 0.3) is 0 Å². The molecule has 0 saturated heterocycles. The summed E-state index contributed by atoms with van der Waals surface area (Å²) in [6.07, 6.45) is 3.04. The molecule has 1 aromatic heterocycles. The minimum Gasteiger partial charge on any atom is -0.391 e. The number of anilines is 2. The number of nitrogens with zero attached hydrogens (tertiary/aromatic N) is 1. The lowest BCUT2D eigenvalue weighted by Gasteiger charge is -2.11. The van der Waals surface area contributed by atoms with Crippen LogP contribution >= 0.6 is 0 Å². The molecule has 2 rings (SSSR count). The van der Waals surface area contributed by atoms with E-state index in [1.165, 1.54) is 6.33 Å². The fourth-order valence-corrected chi connectivity index (χ4v) is 1.40. The van der Waals surface area contributed by atoms with Crippen molar-refractivity contribution in [2.45, 2.75) is 18.9 Å². The summed E-state index contributed by atoms with van der Waals surface area (Å²) in [5, 5.41) is 12.5. The quantitative estimate of drug-likeness (QED) is 0.538. The van der Waals surface area contributed by atoms with Crippen LogP contribution < -0.4 is 16.6 Å². The first-order valence-corrected chi connectivity index (χ1v) is 4.93. The van der Waals surface area contributed by atoms with E-state index in [2.05, 4.69) is 15.3 Å². The van der Waals surface area contributed by atoms with Crippen molar-refractivity contribution >= 4 is 11.5 Å². The molecule has 1 unspecified atom stereocenters. The number of hydrogen-bond acceptors (Lipinski definition) is 5. The van der Waals surface area contributed by atoms with Gasteiger partial charge in [-0.15, -0.1) is 0 Å². The number of aliphatic hydroxyl groups is 1. The normalized spacial score (nSPS) is 17.4. The number of aliphatic hydroxyl groups excluding tert-OH is 1. The average molecular weight is 210 g/mol. The van der Waals surface area contributed by atoms with Crippen molar-refractivity contribution in [2.75, 3.05) is 17.6 Å². The number of nitrogen functional groups attached to an aromatic ring is 1. The molecule has 0 bridgehead atoms. The van der Waals surface area contributed by atoms with Crippen molar-refractivity contribution in [3.63, 3.8) is 0 Å². The van der Waals surface area contributed by atoms with Crippen LogP contribution in [0.15, 0.2) is 11.1 Å². The van der Waals surface area contributed by atoms with E-state index in [4.69, 9.17) is 5.73 Å². The monoisotopic (exact) mass is 210 g/mol. The van der Waals surface area contributed by atoms with Gasteiger partial charge in [-0.25, -0.2) is 4.98 Å². The molecule has 1 aliphatic carbocycles. The first-order chi connectivity index (χ1) is 7.18. The largest absolute Gasteiger partial charge is 0.391 e. The summed E-state index contributed by atoms with van der Waals surface area (Å²) in [5.74, 6) is 0.721. The first kappa shape index (κ1) is 9.97. The molecule has 6 nitrogen and oxygen atoms in total. The van der Waals surface area contributed by atoms with Gasteiger partial charge >= 0.3 is 0 Å². The topological polar surface area (TPSA) is 104 Å². The lowest BCUT2D eigenvalue weighted by Crippen LogP contribution is -2.24. The average Bonchev–Trinajstić information content (AvgIpc) is 3.03. The molecule has 5 N–H and O–H groups in total. The van der Waals surface area contributed by atoms with Crippen molar-refractivity contribution in [1.29, 1.82) is 0 Å². The summed E-state index contributed by atoms with van der Waals surface area (Å²) in [6.45, 7) is 0.380. The maximum absolute atomic E-state index is 11.1. The SMILES string of the molecule is Nc1c(NCC(O)C2CC2)nc[nH]c1=O. The summed E-state index contributed by atoms with van der Waals surface area (Å²) >= 11 is 0. The van der Waals surface area contributed by atoms with Crippen LogP contribution in [-0.2, 0) is 0 Å². The number of nitrogens with two attached hydrogens (primary N) is 1. The Morgan fingerprint density at radius 1 is 1.73 bits per heavy atom. The van der Waals surface area contributed by atoms with Gasteiger partial charge in [0.2, 0.25) is 0 Å². The number of hydrogen-bond donors (Lipinski definition) is 4. The van der Waals surface area contributed by atoms with E-state index in [-0.39, 0.29) is 17.4 Å². The van der Waals surface area contributed by atoms with Crippen LogP contribution in [0.4, 0.5) is 11.5 Å². The molecule has 0 amide bonds. The fraction of sp³-hybridized carbons (Fsp3) is 0.556. The van der Waals surface area contributed by atoms with E-state index in [1.54, 1.807) is 0 Å². The molecular weight excluding hydrogens is 196 g/mol. The van der Waals surface area contributed by atoms with E-state index < -0.39 is 0 Å². The maximum atomic E-state index is 11.1. The van der Waals surface area contributed by atoms with Crippen LogP contribution in [0.5, 0.6) is 0 Å². The van der Waals surface area contributed by atoms with Crippen LogP contribution in [0, 0.1) is 5.92 Å². The molecule has 1 aromatic rings. The first-order valence-electron chi connectivity index (χ1n) is 4.93. The molecule has 0 radical (unpaired) electrons. The third-order valence-electron chi connectivity index (χ3n) is 2.53. The Morgan fingerprint density at radius 2 is 2.47 bits per heavy atom. The molecule has 0 aliphatic heterocycles. The molecule has 1 saturated carbocycles. The van der Waals surface area contributed by atoms with Crippen molar-refractivity contribution in [3.05, 3.63) is 16.7 Å². The zero-order valence-electron chi connectivity index (χ0n) is 8.23. The molecule has 1 atom stereocenters. The van der Waals surface area contributed by atoms with Crippen LogP contribution in [-0.4, -0.2) is 27.7 Å². The van der Waals surface area contributed by atoms with Crippen molar-refractivity contribution in [2.24, 2.45) is 5.92 Å². The third-order valence-corrected chi connectivity index (χ3v) is 2.53. The van der Waals surface area contributed by atoms with Crippen molar-refractivity contribution in [3.8, 4) is 0 Å². The summed E-state index contributed by atoms with van der Waals surface area (Å²) in [4.78, 5) is 17.4. The number of rotatable bonds is 4. The minimum atomic E-state index is -0.384. The Hall–Kier alpha value is -1.56. The number of aromatic nitrogens is 2. The molecule has 0 aromatic carbocycles. The molecule has 15 heavy (non-hydrogen) atoms. The zero-order valence-corrected chi connectivity index (χ0v) is 8.23. The van der Waals surface area contributed by atoms with Gasteiger partial charge in [0.05, 0.1) is 12.4 Å². The molecule has 1 heterocycles. The Kier molecular flexibility index (Phi) is 2.59. The highest BCUT2D eigenvalue weighted by atomic mass is 16.3. The second-order valence-electron chi connectivity index (χ2n) is 3.78. The van der Waals surface area contributed by atoms with Gasteiger partial charge in [0.1, 0.15) is 5.69 Å². The van der Waals surface area contributed by atoms with E-state index in [0.29, 0.717) is 18.3 Å². The van der Waals surface area contributed by atoms with Crippen LogP contribution in [0.1, 0.15) is 12.8 Å². The number of nitrogens with one attached hydrogen (secondary N) is 2. The molecule has 1 fully saturated rings. The molecule has 1 aliphatic rings. The van der Waals surface area contributed by atoms with Gasteiger partial charge in [-0.3, -0.25) is 4.79 Å². The molecule has 0 spiro atoms. The second-order valence-corrected chi connectivity index (χ2v) is 3.78. The zero-order chi connectivity index (χ0) is 10.8. The summed E-state index contributed by atoms with van der Waals surface area (Å²) in [6, 6.07) is 0. The van der Waals surface area contributed by atoms with Crippen LogP contribution in [0.3, 0.4) is 0 Å². The van der Waals surface area contributed by atoms with Gasteiger partial charge in [0, 0.05) is 6.54 Å². The minimum absolute atomic E-state index is 0.0560. The molecular formula is C9H14N4O2. The molecule has 82 valence electrons. The summed E-state index contributed by atoms with van der Waals surface area (Å²) in [5.41, 5.74) is 5.20. The van der Waals surface area contributed by atoms with Gasteiger partial charge in [0.25, 0.3) is 5.56 Å². The Bertz CT molecular complexity index is 399. The molecule has 6 heteroatoms. The third kappa shape index (κ3) is 2.27. The summed E-state index contributed by atoms with van der Waals surface area (Å²) in [7, 11) is 0. The lowest BCUT2D eigenvalue weighted by atomic mass is 10.2. The van der Waals surface area contributed by atoms with Crippen LogP contribution in [0.2, 0.25) is 0 Å². The fourth-order valence-electron chi connectivity index (χ4n) is 1.40. The number of H-pyrrole nitrogens is 1. The Morgan fingerprint density at radius 3 is 3.13 bits per heavy atom. The van der Waals surface area contributed by atoms with E-state index in [9.17, 15) is 9.90 Å². The smallest absolute Gasteiger partial charge is 0.276 e. The van der Waals surface area contributed by atoms with E-state index in [1.807, 2.05) is 0 Å². The van der Waals surface area contributed by atoms with E-state index >= 15 is 0 Å². The highest BCUT2D eigenvalue weighted by Crippen LogP contribution is 2.32. The summed E-state index contributed by atoms with van der Waals surface area (Å²) < 4.78 is 0. The standard InChI is InChI=1S/C9H14N4O2/c10-7-8(12-4-13-9(7)15)11-3-6(14)5-1-2-5/h4-6,14H,1-3,10H2,(H2,11,12,13,15). The van der Waals surface area contributed by atoms with Gasteiger partial charge in [0.15, 0.2) is 5.82 Å². The highest BCUT2D eigenvalue weighted by Gasteiger charge is 2.29. The van der Waals surface area contributed by atoms with Gasteiger partial charge in [-0.2, -0.15) is 0 Å².